The summed E-state index contributed by atoms with van der Waals surface area (Å²) in [5, 5.41) is 1.11. The molecule has 0 aliphatic carbocycles. The zero-order valence-corrected chi connectivity index (χ0v) is 14.6. The van der Waals surface area contributed by atoms with E-state index in [1.807, 2.05) is 38.1 Å². The van der Waals surface area contributed by atoms with Gasteiger partial charge in [0.05, 0.1) is 5.41 Å². The van der Waals surface area contributed by atoms with E-state index in [1.165, 1.54) is 12.4 Å². The summed E-state index contributed by atoms with van der Waals surface area (Å²) in [7, 11) is -3.68. The normalized spacial score (nSPS) is 11.8. The lowest BCUT2D eigenvalue weighted by Gasteiger charge is -2.07. The van der Waals surface area contributed by atoms with E-state index in [1.54, 1.807) is 23.0 Å². The first-order chi connectivity index (χ1) is 11.9. The number of aryl methyl sites for hydroxylation is 2. The molecule has 3 aromatic rings. The monoisotopic (exact) mass is 355 g/mol. The summed E-state index contributed by atoms with van der Waals surface area (Å²) in [6.07, 6.45) is 6.22. The molecule has 1 N–H and O–H groups in total. The Balaban J connectivity index is 1.79. The summed E-state index contributed by atoms with van der Waals surface area (Å²) in [6, 6.07) is 9.09. The lowest BCUT2D eigenvalue weighted by molar-refractivity contribution is 0.609. The smallest absolute Gasteiger partial charge is 0.256 e. The van der Waals surface area contributed by atoms with Crippen molar-refractivity contribution in [2.45, 2.75) is 13.8 Å². The van der Waals surface area contributed by atoms with E-state index >= 15 is 0 Å². The van der Waals surface area contributed by atoms with E-state index < -0.39 is 10.0 Å². The summed E-state index contributed by atoms with van der Waals surface area (Å²) < 4.78 is 28.6. The van der Waals surface area contributed by atoms with Crippen LogP contribution >= 0.6 is 0 Å². The Kier molecular flexibility index (Phi) is 4.62. The summed E-state index contributed by atoms with van der Waals surface area (Å²) >= 11 is 0. The second kappa shape index (κ2) is 6.86. The molecule has 0 unspecified atom stereocenters. The molecule has 0 spiro atoms. The Labute approximate surface area is 146 Å². The van der Waals surface area contributed by atoms with Gasteiger partial charge in [0.15, 0.2) is 0 Å². The third-order valence-corrected chi connectivity index (χ3v) is 4.48. The topological polar surface area (TPSA) is 89.8 Å². The molecule has 0 aliphatic rings. The Morgan fingerprint density at radius 2 is 1.84 bits per heavy atom. The quantitative estimate of drug-likeness (QED) is 0.760. The highest BCUT2D eigenvalue weighted by Gasteiger charge is 2.09. The second-order valence-electron chi connectivity index (χ2n) is 5.47. The van der Waals surface area contributed by atoms with Crippen LogP contribution in [0.4, 0.5) is 5.82 Å². The van der Waals surface area contributed by atoms with E-state index in [2.05, 4.69) is 19.7 Å². The fourth-order valence-corrected chi connectivity index (χ4v) is 2.99. The van der Waals surface area contributed by atoms with E-state index in [9.17, 15) is 8.42 Å². The molecule has 7 nitrogen and oxygen atoms in total. The van der Waals surface area contributed by atoms with E-state index in [0.717, 1.165) is 22.4 Å². The molecule has 0 amide bonds. The second-order valence-corrected chi connectivity index (χ2v) is 7.03. The van der Waals surface area contributed by atoms with Crippen molar-refractivity contribution in [3.8, 4) is 5.82 Å². The highest BCUT2D eigenvalue weighted by Crippen LogP contribution is 2.13. The van der Waals surface area contributed by atoms with Gasteiger partial charge in [-0.05, 0) is 25.5 Å². The number of benzene rings is 1. The Morgan fingerprint density at radius 3 is 2.52 bits per heavy atom. The fourth-order valence-electron chi connectivity index (χ4n) is 2.18. The first-order valence-corrected chi connectivity index (χ1v) is 9.07. The van der Waals surface area contributed by atoms with Crippen LogP contribution in [0.5, 0.6) is 0 Å². The minimum absolute atomic E-state index is 0.187. The highest BCUT2D eigenvalue weighted by molar-refractivity contribution is 7.95. The van der Waals surface area contributed by atoms with Crippen molar-refractivity contribution in [3.05, 3.63) is 71.4 Å². The van der Waals surface area contributed by atoms with E-state index in [-0.39, 0.29) is 5.82 Å². The molecular formula is C17H17N5O2S. The van der Waals surface area contributed by atoms with Crippen molar-refractivity contribution in [2.75, 3.05) is 4.72 Å². The van der Waals surface area contributed by atoms with Crippen LogP contribution in [0.2, 0.25) is 0 Å². The van der Waals surface area contributed by atoms with Crippen molar-refractivity contribution in [1.82, 2.24) is 19.5 Å². The number of hydrogen-bond acceptors (Lipinski definition) is 5. The molecule has 25 heavy (non-hydrogen) atoms. The maximum absolute atomic E-state index is 12.2. The summed E-state index contributed by atoms with van der Waals surface area (Å²) in [6.45, 7) is 3.80. The average molecular weight is 355 g/mol. The number of hydrogen-bond donors (Lipinski definition) is 1. The van der Waals surface area contributed by atoms with Crippen LogP contribution in [0, 0.1) is 13.8 Å². The molecule has 1 aromatic carbocycles. The number of nitrogens with one attached hydrogen (secondary N) is 1. The standard InChI is InChI=1S/C17H17N5O2S/c1-13-3-5-15(6-4-13)7-10-25(23,24)21-16-11-17(20-12-19-16)22-9-8-18-14(22)2/h3-12H,1-2H3,(H,19,20,21)/b10-7+. The first kappa shape index (κ1) is 16.8. The SMILES string of the molecule is Cc1ccc(/C=C/S(=O)(=O)Nc2cc(-n3ccnc3C)ncn2)cc1. The molecule has 0 aliphatic heterocycles. The molecule has 8 heteroatoms. The molecule has 0 atom stereocenters. The van der Waals surface area contributed by atoms with Crippen molar-refractivity contribution in [3.63, 3.8) is 0 Å². The minimum atomic E-state index is -3.68. The number of rotatable bonds is 5. The molecule has 0 bridgehead atoms. The van der Waals surface area contributed by atoms with Crippen molar-refractivity contribution >= 4 is 21.9 Å². The Bertz CT molecular complexity index is 1010. The molecule has 128 valence electrons. The van der Waals surface area contributed by atoms with Crippen molar-refractivity contribution in [1.29, 1.82) is 0 Å². The Hall–Kier alpha value is -3.00. The zero-order valence-electron chi connectivity index (χ0n) is 13.8. The van der Waals surface area contributed by atoms with Gasteiger partial charge in [0.25, 0.3) is 10.0 Å². The van der Waals surface area contributed by atoms with Gasteiger partial charge in [-0.25, -0.2) is 23.4 Å². The van der Waals surface area contributed by atoms with Crippen LogP contribution in [0.1, 0.15) is 17.0 Å². The Morgan fingerprint density at radius 1 is 1.08 bits per heavy atom. The third kappa shape index (κ3) is 4.30. The molecule has 0 radical (unpaired) electrons. The third-order valence-electron chi connectivity index (χ3n) is 3.49. The fraction of sp³-hybridized carbons (Fsp3) is 0.118. The molecule has 3 rings (SSSR count). The van der Waals surface area contributed by atoms with Gasteiger partial charge >= 0.3 is 0 Å². The maximum atomic E-state index is 12.2. The van der Waals surface area contributed by atoms with Crippen LogP contribution in [0.15, 0.2) is 54.5 Å². The lowest BCUT2D eigenvalue weighted by atomic mass is 10.2. The van der Waals surface area contributed by atoms with Crippen LogP contribution in [0.3, 0.4) is 0 Å². The molecule has 0 saturated carbocycles. The molecule has 2 aromatic heterocycles. The highest BCUT2D eigenvalue weighted by atomic mass is 32.2. The molecule has 0 fully saturated rings. The predicted molar refractivity (Wildman–Crippen MR) is 96.6 cm³/mol. The zero-order chi connectivity index (χ0) is 17.9. The summed E-state index contributed by atoms with van der Waals surface area (Å²) in [5.41, 5.74) is 1.91. The number of imidazole rings is 1. The van der Waals surface area contributed by atoms with E-state index in [4.69, 9.17) is 0 Å². The van der Waals surface area contributed by atoms with E-state index in [0.29, 0.717) is 5.82 Å². The van der Waals surface area contributed by atoms with Crippen LogP contribution in [-0.4, -0.2) is 27.9 Å². The van der Waals surface area contributed by atoms with Gasteiger partial charge in [0.2, 0.25) is 0 Å². The van der Waals surface area contributed by atoms with Gasteiger partial charge in [-0.2, -0.15) is 0 Å². The predicted octanol–water partition coefficient (Wildman–Crippen LogP) is 2.69. The van der Waals surface area contributed by atoms with Gasteiger partial charge in [-0.1, -0.05) is 29.8 Å². The average Bonchev–Trinajstić information content (AvgIpc) is 3.00. The van der Waals surface area contributed by atoms with Crippen molar-refractivity contribution in [2.24, 2.45) is 0 Å². The number of anilines is 1. The summed E-state index contributed by atoms with van der Waals surface area (Å²) in [5.74, 6) is 1.46. The number of aromatic nitrogens is 4. The molecule has 2 heterocycles. The van der Waals surface area contributed by atoms with Gasteiger partial charge in [-0.15, -0.1) is 0 Å². The van der Waals surface area contributed by atoms with Gasteiger partial charge in [-0.3, -0.25) is 9.29 Å². The largest absolute Gasteiger partial charge is 0.288 e. The lowest BCUT2D eigenvalue weighted by Crippen LogP contribution is -2.11. The van der Waals surface area contributed by atoms with Crippen LogP contribution in [-0.2, 0) is 10.0 Å². The minimum Gasteiger partial charge on any atom is -0.288 e. The van der Waals surface area contributed by atoms with Gasteiger partial charge in [0, 0.05) is 18.5 Å². The van der Waals surface area contributed by atoms with Crippen LogP contribution < -0.4 is 4.72 Å². The number of sulfonamides is 1. The molecule has 0 saturated heterocycles. The molecular weight excluding hydrogens is 338 g/mol. The number of nitrogens with zero attached hydrogens (tertiary/aromatic N) is 4. The van der Waals surface area contributed by atoms with Crippen LogP contribution in [0.25, 0.3) is 11.9 Å². The first-order valence-electron chi connectivity index (χ1n) is 7.53. The maximum Gasteiger partial charge on any atom is 0.256 e. The van der Waals surface area contributed by atoms with Gasteiger partial charge < -0.3 is 0 Å². The van der Waals surface area contributed by atoms with Crippen molar-refractivity contribution < 1.29 is 8.42 Å². The van der Waals surface area contributed by atoms with Gasteiger partial charge in [0.1, 0.15) is 23.8 Å². The summed E-state index contributed by atoms with van der Waals surface area (Å²) in [4.78, 5) is 12.2.